The van der Waals surface area contributed by atoms with Crippen molar-refractivity contribution < 1.29 is 14.3 Å². The number of nitrogen functional groups attached to an aromatic ring is 1. The number of nitriles is 1. The Bertz CT molecular complexity index is 1640. The maximum Gasteiger partial charge on any atom is 0.217 e. The van der Waals surface area contributed by atoms with Crippen molar-refractivity contribution in [3.8, 4) is 23.3 Å². The molecule has 4 atom stereocenters. The first-order valence-electron chi connectivity index (χ1n) is 14.8. The van der Waals surface area contributed by atoms with Gasteiger partial charge in [-0.25, -0.2) is 4.98 Å². The molecule has 0 unspecified atom stereocenters. The lowest BCUT2D eigenvalue weighted by Crippen LogP contribution is -2.43. The number of hydrogen-bond donors (Lipinski definition) is 2. The Labute approximate surface area is 255 Å². The number of ether oxygens (including phenoxy) is 2. The van der Waals surface area contributed by atoms with Gasteiger partial charge in [0.2, 0.25) is 5.88 Å². The fourth-order valence-electron chi connectivity index (χ4n) is 7.18. The zero-order valence-electron chi connectivity index (χ0n) is 25.1. The van der Waals surface area contributed by atoms with E-state index < -0.39 is 5.41 Å². The monoisotopic (exact) mass is 602 g/mol. The van der Waals surface area contributed by atoms with E-state index in [1.54, 1.807) is 17.9 Å². The van der Waals surface area contributed by atoms with E-state index in [4.69, 9.17) is 30.9 Å². The Morgan fingerprint density at radius 2 is 2.00 bits per heavy atom. The minimum Gasteiger partial charge on any atom is -0.473 e. The van der Waals surface area contributed by atoms with Crippen LogP contribution in [0.2, 0.25) is 0 Å². The van der Waals surface area contributed by atoms with Crippen LogP contribution in [0.5, 0.6) is 5.88 Å². The minimum atomic E-state index is -0.803. The molecule has 0 aromatic carbocycles. The van der Waals surface area contributed by atoms with Crippen LogP contribution in [0.3, 0.4) is 0 Å². The third-order valence-electron chi connectivity index (χ3n) is 9.33. The van der Waals surface area contributed by atoms with Crippen molar-refractivity contribution in [3.63, 3.8) is 0 Å². The molecule has 2 aliphatic carbocycles. The molecule has 0 bridgehead atoms. The summed E-state index contributed by atoms with van der Waals surface area (Å²) in [5, 5.41) is 15.0. The molecule has 12 heteroatoms. The quantitative estimate of drug-likeness (QED) is 0.400. The van der Waals surface area contributed by atoms with Gasteiger partial charge >= 0.3 is 0 Å². The number of anilines is 1. The van der Waals surface area contributed by atoms with Crippen LogP contribution in [0, 0.1) is 11.3 Å². The van der Waals surface area contributed by atoms with E-state index in [2.05, 4.69) is 23.1 Å². The number of allylic oxidation sites excluding steroid dienone is 1. The second-order valence-electron chi connectivity index (χ2n) is 12.0. The van der Waals surface area contributed by atoms with Crippen molar-refractivity contribution >= 4 is 27.8 Å². The van der Waals surface area contributed by atoms with E-state index in [9.17, 15) is 10.1 Å². The normalized spacial score (nSPS) is 25.9. The topological polar surface area (TPSA) is 158 Å². The molecule has 3 aromatic heterocycles. The zero-order chi connectivity index (χ0) is 30.5. The molecule has 1 saturated heterocycles. The molecule has 6 rings (SSSR count). The Kier molecular flexibility index (Phi) is 7.75. The number of ketones is 1. The maximum atomic E-state index is 14.4. The number of methoxy groups -OCH3 is 1. The lowest BCUT2D eigenvalue weighted by molar-refractivity contribution is -0.122. The average Bonchev–Trinajstić information content (AvgIpc) is 3.70. The van der Waals surface area contributed by atoms with E-state index in [0.717, 1.165) is 42.7 Å². The van der Waals surface area contributed by atoms with Gasteiger partial charge in [0.1, 0.15) is 22.9 Å². The van der Waals surface area contributed by atoms with E-state index in [-0.39, 0.29) is 35.6 Å². The number of likely N-dealkylation sites (N-methyl/N-ethyl adjacent to an activating group) is 1. The van der Waals surface area contributed by atoms with Crippen LogP contribution in [0.1, 0.15) is 67.3 Å². The molecule has 4 N–H and O–H groups in total. The van der Waals surface area contributed by atoms with Gasteiger partial charge < -0.3 is 20.9 Å². The average molecular weight is 603 g/mol. The highest BCUT2D eigenvalue weighted by atomic mass is 32.1. The second-order valence-corrected chi connectivity index (χ2v) is 13.1. The first-order valence-corrected chi connectivity index (χ1v) is 15.6. The molecule has 0 radical (unpaired) electrons. The predicted octanol–water partition coefficient (Wildman–Crippen LogP) is 3.58. The van der Waals surface area contributed by atoms with Crippen molar-refractivity contribution in [3.05, 3.63) is 45.7 Å². The second kappa shape index (κ2) is 11.4. The van der Waals surface area contributed by atoms with Gasteiger partial charge in [0.25, 0.3) is 0 Å². The van der Waals surface area contributed by atoms with Crippen LogP contribution < -0.4 is 16.2 Å². The number of nitrogens with zero attached hydrogens (tertiary/aromatic N) is 6. The summed E-state index contributed by atoms with van der Waals surface area (Å²) >= 11 is 1.43. The van der Waals surface area contributed by atoms with Crippen molar-refractivity contribution in [2.24, 2.45) is 12.8 Å². The Balaban J connectivity index is 1.40. The molecule has 1 spiro atoms. The number of Topliss-reactive ketones (excluding diaryl/α,β-unsaturated/α-hetero) is 1. The van der Waals surface area contributed by atoms with Crippen molar-refractivity contribution in [2.75, 3.05) is 26.4 Å². The molecular formula is C31H38N8O3S. The van der Waals surface area contributed by atoms with Crippen LogP contribution in [0.15, 0.2) is 23.9 Å². The van der Waals surface area contributed by atoms with E-state index in [0.29, 0.717) is 52.7 Å². The summed E-state index contributed by atoms with van der Waals surface area (Å²) in [6.07, 6.45) is 6.94. The van der Waals surface area contributed by atoms with Gasteiger partial charge in [0.15, 0.2) is 11.6 Å². The highest BCUT2D eigenvalue weighted by Crippen LogP contribution is 2.52. The third kappa shape index (κ3) is 5.09. The number of nitrogens with two attached hydrogens (primary N) is 2. The summed E-state index contributed by atoms with van der Waals surface area (Å²) in [6, 6.07) is 6.06. The number of carbonyl (C=O) groups is 1. The summed E-state index contributed by atoms with van der Waals surface area (Å²) in [5.41, 5.74) is 15.5. The van der Waals surface area contributed by atoms with Gasteiger partial charge in [-0.3, -0.25) is 14.4 Å². The SMILES string of the molecule is CO[C@@H]1C[C@@H]([C@H](C)Oc2cc(-c3ccn(C)n3)nc(C(N)=C3CCC[C@@]4(CCCc5sc(N)c(C#N)c54)C3=O)n2)N(C)C1. The first-order chi connectivity index (χ1) is 20.6. The number of aromatic nitrogens is 4. The number of hydrogen-bond acceptors (Lipinski definition) is 11. The fraction of sp³-hybridized carbons (Fsp3) is 0.516. The molecule has 226 valence electrons. The minimum absolute atomic E-state index is 0.0487. The molecule has 0 amide bonds. The van der Waals surface area contributed by atoms with E-state index >= 15 is 0 Å². The number of thiophene rings is 1. The summed E-state index contributed by atoms with van der Waals surface area (Å²) in [5.74, 6) is 0.556. The fourth-order valence-corrected chi connectivity index (χ4v) is 8.34. The zero-order valence-corrected chi connectivity index (χ0v) is 25.9. The molecule has 2 fully saturated rings. The van der Waals surface area contributed by atoms with E-state index in [1.807, 2.05) is 26.2 Å². The number of carbonyl (C=O) groups excluding carboxylic acids is 1. The van der Waals surface area contributed by atoms with Crippen molar-refractivity contribution in [1.29, 1.82) is 5.26 Å². The summed E-state index contributed by atoms with van der Waals surface area (Å²) in [4.78, 5) is 27.3. The summed E-state index contributed by atoms with van der Waals surface area (Å²) in [6.45, 7) is 2.86. The number of rotatable bonds is 6. The molecule has 3 aliphatic rings. The molecule has 43 heavy (non-hydrogen) atoms. The number of likely N-dealkylation sites (tertiary alicyclic amines) is 1. The van der Waals surface area contributed by atoms with Gasteiger partial charge in [0, 0.05) is 49.5 Å². The van der Waals surface area contributed by atoms with Crippen molar-refractivity contribution in [1.82, 2.24) is 24.6 Å². The number of aryl methyl sites for hydroxylation is 2. The standard InChI is InChI=1S/C31H38N8O3S/c1-17(23-13-18(41-4)16-38(23)2)42-25-14-22(21-9-12-39(3)37-21)35-30(36-25)27(33)19-7-5-10-31(28(19)40)11-6-8-24-26(31)20(15-32)29(34)43-24/h9,12,14,17-18,23H,5-8,10-11,13,16,33-34H2,1-4H3/t17-,18+,23-,31-/m0/s1. The van der Waals surface area contributed by atoms with Crippen LogP contribution in [0.25, 0.3) is 17.1 Å². The van der Waals surface area contributed by atoms with Crippen LogP contribution in [-0.4, -0.2) is 69.4 Å². The molecule has 11 nitrogen and oxygen atoms in total. The smallest absolute Gasteiger partial charge is 0.217 e. The van der Waals surface area contributed by atoms with Crippen LogP contribution in [0.4, 0.5) is 5.00 Å². The maximum absolute atomic E-state index is 14.4. The summed E-state index contributed by atoms with van der Waals surface area (Å²) < 4.78 is 13.7. The Morgan fingerprint density at radius 1 is 1.23 bits per heavy atom. The highest BCUT2D eigenvalue weighted by Gasteiger charge is 2.49. The predicted molar refractivity (Wildman–Crippen MR) is 164 cm³/mol. The van der Waals surface area contributed by atoms with Gasteiger partial charge in [0.05, 0.1) is 28.5 Å². The van der Waals surface area contributed by atoms with Crippen molar-refractivity contribution in [2.45, 2.75) is 75.5 Å². The first kappa shape index (κ1) is 29.3. The molecule has 1 saturated carbocycles. The molecule has 4 heterocycles. The lowest BCUT2D eigenvalue weighted by Gasteiger charge is -2.40. The third-order valence-corrected chi connectivity index (χ3v) is 10.4. The molecular weight excluding hydrogens is 564 g/mol. The van der Waals surface area contributed by atoms with Gasteiger partial charge in [-0.1, -0.05) is 0 Å². The molecule has 3 aromatic rings. The van der Waals surface area contributed by atoms with Crippen LogP contribution >= 0.6 is 11.3 Å². The van der Waals surface area contributed by atoms with Gasteiger partial charge in [-0.2, -0.15) is 15.3 Å². The lowest BCUT2D eigenvalue weighted by atomic mass is 9.61. The van der Waals surface area contributed by atoms with Gasteiger partial charge in [-0.05, 0) is 70.5 Å². The van der Waals surface area contributed by atoms with Gasteiger partial charge in [-0.15, -0.1) is 11.3 Å². The summed E-state index contributed by atoms with van der Waals surface area (Å²) in [7, 11) is 5.64. The Hall–Kier alpha value is -3.79. The largest absolute Gasteiger partial charge is 0.473 e. The Morgan fingerprint density at radius 3 is 2.67 bits per heavy atom. The molecule has 1 aliphatic heterocycles. The van der Waals surface area contributed by atoms with E-state index in [1.165, 1.54) is 11.3 Å². The van der Waals surface area contributed by atoms with Crippen LogP contribution in [-0.2, 0) is 28.4 Å². The highest BCUT2D eigenvalue weighted by molar-refractivity contribution is 7.16. The number of fused-ring (bicyclic) bond motifs is 2.